The lowest BCUT2D eigenvalue weighted by atomic mass is 10.0. The molecule has 0 unspecified atom stereocenters. The molecule has 0 heterocycles. The van der Waals surface area contributed by atoms with Gasteiger partial charge >= 0.3 is 0 Å². The van der Waals surface area contributed by atoms with Crippen LogP contribution in [0.3, 0.4) is 0 Å². The summed E-state index contributed by atoms with van der Waals surface area (Å²) in [5.74, 6) is 0.628. The maximum absolute atomic E-state index is 13.1. The third-order valence-electron chi connectivity index (χ3n) is 4.89. The zero-order valence-corrected chi connectivity index (χ0v) is 18.3. The number of hydrogen-bond acceptors (Lipinski definition) is 3. The zero-order valence-electron chi connectivity index (χ0n) is 17.5. The molecule has 30 heavy (non-hydrogen) atoms. The Morgan fingerprint density at radius 2 is 1.67 bits per heavy atom. The predicted molar refractivity (Wildman–Crippen MR) is 124 cm³/mol. The summed E-state index contributed by atoms with van der Waals surface area (Å²) in [4.78, 5) is 0. The summed E-state index contributed by atoms with van der Waals surface area (Å²) in [5, 5.41) is 5.91. The molecule has 5 heteroatoms. The number of unbranched alkanes of at least 4 members (excludes halogenated alkanes) is 1. The number of nitrogens with one attached hydrogen (secondary N) is 1. The molecule has 0 aliphatic heterocycles. The number of rotatable bonds is 12. The summed E-state index contributed by atoms with van der Waals surface area (Å²) in [6.45, 7) is 5.85. The Morgan fingerprint density at radius 1 is 0.900 bits per heavy atom. The molecule has 0 amide bonds. The fourth-order valence-electron chi connectivity index (χ4n) is 3.24. The molecule has 1 N–H and O–H groups in total. The molecule has 3 aromatic rings. The lowest BCUT2D eigenvalue weighted by molar-refractivity contribution is 0.128. The van der Waals surface area contributed by atoms with Crippen molar-refractivity contribution in [2.24, 2.45) is 0 Å². The summed E-state index contributed by atoms with van der Waals surface area (Å²) >= 11 is 0. The topological polar surface area (TPSA) is 30.5 Å². The lowest BCUT2D eigenvalue weighted by Crippen LogP contribution is -2.17. The first-order valence-electron chi connectivity index (χ1n) is 10.4. The van der Waals surface area contributed by atoms with Crippen LogP contribution in [0.1, 0.15) is 37.3 Å². The van der Waals surface area contributed by atoms with Gasteiger partial charge < -0.3 is 14.8 Å². The van der Waals surface area contributed by atoms with Crippen LogP contribution in [-0.4, -0.2) is 19.8 Å². The van der Waals surface area contributed by atoms with Gasteiger partial charge in [0.15, 0.2) is 0 Å². The number of fused-ring (bicyclic) bond motifs is 1. The van der Waals surface area contributed by atoms with Gasteiger partial charge in [-0.1, -0.05) is 55.8 Å². The van der Waals surface area contributed by atoms with Gasteiger partial charge in [0, 0.05) is 25.3 Å². The van der Waals surface area contributed by atoms with Crippen LogP contribution in [0, 0.1) is 5.82 Å². The van der Waals surface area contributed by atoms with E-state index in [1.807, 2.05) is 12.1 Å². The van der Waals surface area contributed by atoms with Gasteiger partial charge in [-0.2, -0.15) is 0 Å². The molecule has 0 atom stereocenters. The minimum Gasteiger partial charge on any atom is -0.489 e. The molecule has 0 saturated carbocycles. The molecule has 3 nitrogen and oxygen atoms in total. The van der Waals surface area contributed by atoms with Crippen molar-refractivity contribution in [1.82, 2.24) is 5.32 Å². The van der Waals surface area contributed by atoms with Crippen molar-refractivity contribution < 1.29 is 13.9 Å². The highest BCUT2D eigenvalue weighted by Crippen LogP contribution is 2.28. The van der Waals surface area contributed by atoms with E-state index in [2.05, 4.69) is 36.5 Å². The fraction of sp³-hybridized carbons (Fsp3) is 0.360. The molecular weight excluding hydrogens is 401 g/mol. The van der Waals surface area contributed by atoms with Crippen LogP contribution in [0.25, 0.3) is 10.8 Å². The first kappa shape index (κ1) is 24.1. The first-order valence-corrected chi connectivity index (χ1v) is 10.4. The highest BCUT2D eigenvalue weighted by Gasteiger charge is 2.09. The van der Waals surface area contributed by atoms with E-state index in [1.54, 1.807) is 12.1 Å². The summed E-state index contributed by atoms with van der Waals surface area (Å²) in [6.07, 6.45) is 3.28. The van der Waals surface area contributed by atoms with Crippen molar-refractivity contribution in [3.8, 4) is 5.75 Å². The van der Waals surface area contributed by atoms with Gasteiger partial charge in [-0.05, 0) is 53.9 Å². The van der Waals surface area contributed by atoms with Crippen LogP contribution < -0.4 is 10.1 Å². The van der Waals surface area contributed by atoms with Crippen LogP contribution in [0.15, 0.2) is 60.7 Å². The normalized spacial score (nSPS) is 10.7. The average Bonchev–Trinajstić information content (AvgIpc) is 2.75. The van der Waals surface area contributed by atoms with Gasteiger partial charge in [0.2, 0.25) is 0 Å². The molecule has 0 saturated heterocycles. The summed E-state index contributed by atoms with van der Waals surface area (Å²) in [7, 11) is 0. The SMILES string of the molecule is CCCCOCCCNCc1c(OCc2ccc(F)cc2)ccc2ccccc12.Cl. The van der Waals surface area contributed by atoms with E-state index < -0.39 is 0 Å². The monoisotopic (exact) mass is 431 g/mol. The van der Waals surface area contributed by atoms with Crippen molar-refractivity contribution in [2.45, 2.75) is 39.3 Å². The minimum atomic E-state index is -0.233. The molecule has 0 spiro atoms. The fourth-order valence-corrected chi connectivity index (χ4v) is 3.24. The second kappa shape index (κ2) is 13.2. The van der Waals surface area contributed by atoms with Crippen LogP contribution in [0.2, 0.25) is 0 Å². The zero-order chi connectivity index (χ0) is 20.3. The van der Waals surface area contributed by atoms with Crippen LogP contribution >= 0.6 is 12.4 Å². The molecule has 3 rings (SSSR count). The largest absolute Gasteiger partial charge is 0.489 e. The number of hydrogen-bond donors (Lipinski definition) is 1. The average molecular weight is 432 g/mol. The Bertz CT molecular complexity index is 886. The molecule has 0 radical (unpaired) electrons. The number of benzene rings is 3. The summed E-state index contributed by atoms with van der Waals surface area (Å²) in [6, 6.07) is 18.9. The maximum Gasteiger partial charge on any atom is 0.124 e. The Labute approximate surface area is 185 Å². The van der Waals surface area contributed by atoms with E-state index in [1.165, 1.54) is 29.3 Å². The van der Waals surface area contributed by atoms with Crippen molar-refractivity contribution in [3.05, 3.63) is 77.6 Å². The Balaban J connectivity index is 0.00000320. The molecule has 0 aliphatic carbocycles. The second-order valence-electron chi connectivity index (χ2n) is 7.17. The lowest BCUT2D eigenvalue weighted by Gasteiger charge is -2.15. The molecule has 3 aromatic carbocycles. The van der Waals surface area contributed by atoms with Gasteiger partial charge in [-0.25, -0.2) is 4.39 Å². The maximum atomic E-state index is 13.1. The van der Waals surface area contributed by atoms with Crippen molar-refractivity contribution in [2.75, 3.05) is 19.8 Å². The predicted octanol–water partition coefficient (Wildman–Crippen LogP) is 6.28. The van der Waals surface area contributed by atoms with Gasteiger partial charge in [0.05, 0.1) is 0 Å². The minimum absolute atomic E-state index is 0. The van der Waals surface area contributed by atoms with Crippen molar-refractivity contribution >= 4 is 23.2 Å². The van der Waals surface area contributed by atoms with Crippen LogP contribution in [-0.2, 0) is 17.9 Å². The van der Waals surface area contributed by atoms with E-state index in [9.17, 15) is 4.39 Å². The third-order valence-corrected chi connectivity index (χ3v) is 4.89. The van der Waals surface area contributed by atoms with E-state index in [0.29, 0.717) is 6.61 Å². The summed E-state index contributed by atoms with van der Waals surface area (Å²) < 4.78 is 24.9. The van der Waals surface area contributed by atoms with Crippen LogP contribution in [0.4, 0.5) is 4.39 Å². The molecule has 0 aliphatic rings. The Hall–Kier alpha value is -2.14. The standard InChI is InChI=1S/C25H30FNO2.ClH/c1-2-3-16-28-17-6-15-27-18-24-23-8-5-4-7-21(23)11-14-25(24)29-19-20-9-12-22(26)13-10-20;/h4-5,7-14,27H,2-3,6,15-19H2,1H3;1H. The highest BCUT2D eigenvalue weighted by atomic mass is 35.5. The van der Waals surface area contributed by atoms with Crippen molar-refractivity contribution in [1.29, 1.82) is 0 Å². The highest BCUT2D eigenvalue weighted by molar-refractivity contribution is 5.87. The third kappa shape index (κ3) is 7.28. The van der Waals surface area contributed by atoms with E-state index >= 15 is 0 Å². The van der Waals surface area contributed by atoms with Gasteiger partial charge in [0.1, 0.15) is 18.2 Å². The molecule has 0 bridgehead atoms. The van der Waals surface area contributed by atoms with Crippen molar-refractivity contribution in [3.63, 3.8) is 0 Å². The molecule has 0 aromatic heterocycles. The smallest absolute Gasteiger partial charge is 0.124 e. The van der Waals surface area contributed by atoms with Crippen LogP contribution in [0.5, 0.6) is 5.75 Å². The first-order chi connectivity index (χ1) is 14.3. The number of halogens is 2. The summed E-state index contributed by atoms with van der Waals surface area (Å²) in [5.41, 5.74) is 2.10. The van der Waals surface area contributed by atoms with Gasteiger partial charge in [0.25, 0.3) is 0 Å². The second-order valence-corrected chi connectivity index (χ2v) is 7.17. The van der Waals surface area contributed by atoms with Gasteiger partial charge in [-0.15, -0.1) is 12.4 Å². The number of ether oxygens (including phenoxy) is 2. The van der Waals surface area contributed by atoms with E-state index in [0.717, 1.165) is 56.0 Å². The molecule has 0 fully saturated rings. The van der Waals surface area contributed by atoms with E-state index in [-0.39, 0.29) is 18.2 Å². The quantitative estimate of drug-likeness (QED) is 0.342. The van der Waals surface area contributed by atoms with E-state index in [4.69, 9.17) is 9.47 Å². The molecular formula is C25H31ClFNO2. The van der Waals surface area contributed by atoms with Gasteiger partial charge in [-0.3, -0.25) is 0 Å². The Morgan fingerprint density at radius 3 is 2.47 bits per heavy atom. The molecule has 162 valence electrons. The Kier molecular flexibility index (Phi) is 10.6.